The summed E-state index contributed by atoms with van der Waals surface area (Å²) in [7, 11) is 1.75. The third-order valence-electron chi connectivity index (χ3n) is 9.10. The van der Waals surface area contributed by atoms with Crippen molar-refractivity contribution in [3.8, 4) is 5.75 Å². The molecule has 12 nitrogen and oxygen atoms in total. The maximum atomic E-state index is 12.6. The molecule has 44 heavy (non-hydrogen) atoms. The van der Waals surface area contributed by atoms with Gasteiger partial charge < -0.3 is 39.2 Å². The molecule has 3 fully saturated rings. The van der Waals surface area contributed by atoms with E-state index in [4.69, 9.17) is 28.9 Å². The summed E-state index contributed by atoms with van der Waals surface area (Å²) < 4.78 is 23.2. The summed E-state index contributed by atoms with van der Waals surface area (Å²) in [6.07, 6.45) is 5.70. The van der Waals surface area contributed by atoms with Crippen LogP contribution in [0.2, 0.25) is 0 Å². The van der Waals surface area contributed by atoms with E-state index < -0.39 is 11.7 Å². The van der Waals surface area contributed by atoms with E-state index in [1.165, 1.54) is 11.8 Å². The van der Waals surface area contributed by atoms with Crippen molar-refractivity contribution in [3.05, 3.63) is 24.2 Å². The summed E-state index contributed by atoms with van der Waals surface area (Å²) in [6.45, 7) is 11.6. The number of rotatable bonds is 7. The lowest BCUT2D eigenvalue weighted by Crippen LogP contribution is -2.55. The van der Waals surface area contributed by atoms with E-state index in [0.29, 0.717) is 54.8 Å². The van der Waals surface area contributed by atoms with E-state index in [-0.39, 0.29) is 24.2 Å². The Morgan fingerprint density at radius 2 is 2.05 bits per heavy atom. The number of methoxy groups -OCH3 is 1. The number of aromatic nitrogens is 3. The van der Waals surface area contributed by atoms with Crippen molar-refractivity contribution in [1.82, 2.24) is 20.3 Å². The van der Waals surface area contributed by atoms with Crippen LogP contribution in [0, 0.1) is 11.3 Å². The SMILES string of the molecule is COC[C@H]1C[C@H]2COc3c(Sc4cnc(N5CCC6(CC5)CO[C@@H](C)[C@H]6NC(=O)OC(C)(C)C)c(CO)n4)ccnc3N2C1. The average molecular weight is 629 g/mol. The summed E-state index contributed by atoms with van der Waals surface area (Å²) in [5, 5.41) is 14.1. The molecular formula is C31H44N6O6S. The molecule has 6 heterocycles. The number of fused-ring (bicyclic) bond motifs is 3. The number of piperidine rings is 1. The molecule has 2 aromatic heterocycles. The molecule has 13 heteroatoms. The molecule has 4 aliphatic rings. The van der Waals surface area contributed by atoms with E-state index in [1.807, 2.05) is 40.0 Å². The van der Waals surface area contributed by atoms with E-state index in [1.54, 1.807) is 13.3 Å². The zero-order chi connectivity index (χ0) is 31.1. The Morgan fingerprint density at radius 3 is 2.77 bits per heavy atom. The molecule has 0 aromatic carbocycles. The number of pyridine rings is 1. The van der Waals surface area contributed by atoms with E-state index in [2.05, 4.69) is 20.1 Å². The van der Waals surface area contributed by atoms with Gasteiger partial charge >= 0.3 is 6.09 Å². The van der Waals surface area contributed by atoms with Gasteiger partial charge in [-0.25, -0.2) is 19.7 Å². The number of anilines is 2. The van der Waals surface area contributed by atoms with Crippen molar-refractivity contribution in [2.75, 3.05) is 56.4 Å². The Morgan fingerprint density at radius 1 is 1.25 bits per heavy atom. The van der Waals surface area contributed by atoms with Crippen LogP contribution in [0.4, 0.5) is 16.4 Å². The van der Waals surface area contributed by atoms with Crippen molar-refractivity contribution in [2.45, 2.75) is 87.3 Å². The minimum absolute atomic E-state index is 0.107. The van der Waals surface area contributed by atoms with Crippen LogP contribution in [0.1, 0.15) is 52.7 Å². The highest BCUT2D eigenvalue weighted by Gasteiger charge is 2.51. The van der Waals surface area contributed by atoms with E-state index in [0.717, 1.165) is 48.9 Å². The largest absolute Gasteiger partial charge is 0.486 e. The first-order valence-corrected chi connectivity index (χ1v) is 16.3. The number of aliphatic hydroxyl groups is 1. The highest BCUT2D eigenvalue weighted by molar-refractivity contribution is 7.99. The first-order valence-electron chi connectivity index (χ1n) is 15.5. The van der Waals surface area contributed by atoms with Gasteiger partial charge in [0.2, 0.25) is 0 Å². The van der Waals surface area contributed by atoms with Gasteiger partial charge in [0.25, 0.3) is 0 Å². The molecule has 0 unspecified atom stereocenters. The Hall–Kier alpha value is -2.87. The highest BCUT2D eigenvalue weighted by atomic mass is 32.2. The molecule has 0 saturated carbocycles. The number of aliphatic hydroxyl groups excluding tert-OH is 1. The van der Waals surface area contributed by atoms with Gasteiger partial charge in [-0.1, -0.05) is 11.8 Å². The predicted molar refractivity (Wildman–Crippen MR) is 165 cm³/mol. The lowest BCUT2D eigenvalue weighted by atomic mass is 9.73. The summed E-state index contributed by atoms with van der Waals surface area (Å²) in [4.78, 5) is 32.3. The minimum Gasteiger partial charge on any atom is -0.486 e. The number of carbonyl (C=O) groups excluding carboxylic acids is 1. The molecule has 1 amide bonds. The number of ether oxygens (including phenoxy) is 4. The lowest BCUT2D eigenvalue weighted by Gasteiger charge is -2.43. The summed E-state index contributed by atoms with van der Waals surface area (Å²) in [5.41, 5.74) is -0.216. The molecule has 0 bridgehead atoms. The smallest absolute Gasteiger partial charge is 0.407 e. The van der Waals surface area contributed by atoms with E-state index >= 15 is 0 Å². The van der Waals surface area contributed by atoms with Gasteiger partial charge in [0, 0.05) is 44.3 Å². The minimum atomic E-state index is -0.568. The molecule has 4 atom stereocenters. The molecule has 2 N–H and O–H groups in total. The lowest BCUT2D eigenvalue weighted by molar-refractivity contribution is 0.0434. The van der Waals surface area contributed by atoms with Crippen LogP contribution in [0.3, 0.4) is 0 Å². The number of hydrogen-bond donors (Lipinski definition) is 2. The van der Waals surface area contributed by atoms with Crippen LogP contribution < -0.4 is 19.9 Å². The molecule has 240 valence electrons. The fourth-order valence-electron chi connectivity index (χ4n) is 7.05. The van der Waals surface area contributed by atoms with Gasteiger partial charge in [0.1, 0.15) is 22.9 Å². The highest BCUT2D eigenvalue weighted by Crippen LogP contribution is 2.46. The second kappa shape index (κ2) is 12.5. The van der Waals surface area contributed by atoms with Crippen molar-refractivity contribution < 1.29 is 28.8 Å². The van der Waals surface area contributed by atoms with Crippen LogP contribution in [-0.4, -0.2) is 96.5 Å². The maximum Gasteiger partial charge on any atom is 0.407 e. The molecule has 0 radical (unpaired) electrons. The van der Waals surface area contributed by atoms with Gasteiger partial charge in [-0.2, -0.15) is 0 Å². The van der Waals surface area contributed by atoms with Gasteiger partial charge in [-0.05, 0) is 53.0 Å². The van der Waals surface area contributed by atoms with Crippen molar-refractivity contribution >= 4 is 29.5 Å². The summed E-state index contributed by atoms with van der Waals surface area (Å²) >= 11 is 1.47. The second-order valence-corrected chi connectivity index (χ2v) is 14.4. The zero-order valence-electron chi connectivity index (χ0n) is 26.2. The van der Waals surface area contributed by atoms with Crippen LogP contribution >= 0.6 is 11.8 Å². The van der Waals surface area contributed by atoms with E-state index in [9.17, 15) is 9.90 Å². The number of nitrogens with one attached hydrogen (secondary N) is 1. The average Bonchev–Trinajstić information content (AvgIpc) is 3.54. The Bertz CT molecular complexity index is 1350. The number of alkyl carbamates (subject to hydrolysis) is 1. The Balaban J connectivity index is 1.13. The molecule has 2 aromatic rings. The first kappa shape index (κ1) is 31.1. The number of nitrogens with zero attached hydrogens (tertiary/aromatic N) is 5. The van der Waals surface area contributed by atoms with Gasteiger partial charge in [-0.15, -0.1) is 0 Å². The monoisotopic (exact) mass is 628 g/mol. The third kappa shape index (κ3) is 6.29. The number of amides is 1. The fourth-order valence-corrected chi connectivity index (χ4v) is 7.91. The fraction of sp³-hybridized carbons (Fsp3) is 0.677. The molecule has 3 saturated heterocycles. The van der Waals surface area contributed by atoms with Gasteiger partial charge in [0.05, 0.1) is 49.1 Å². The maximum absolute atomic E-state index is 12.6. The quantitative estimate of drug-likeness (QED) is 0.464. The summed E-state index contributed by atoms with van der Waals surface area (Å²) in [5.74, 6) is 2.79. The Kier molecular flexibility index (Phi) is 8.84. The van der Waals surface area contributed by atoms with Crippen molar-refractivity contribution in [3.63, 3.8) is 0 Å². The normalized spacial score (nSPS) is 25.9. The topological polar surface area (TPSA) is 131 Å². The number of hydrogen-bond acceptors (Lipinski definition) is 12. The van der Waals surface area contributed by atoms with Crippen LogP contribution in [0.25, 0.3) is 0 Å². The summed E-state index contributed by atoms with van der Waals surface area (Å²) in [6, 6.07) is 2.11. The number of carbonyl (C=O) groups is 1. The molecule has 4 aliphatic heterocycles. The van der Waals surface area contributed by atoms with Crippen LogP contribution in [-0.2, 0) is 20.8 Å². The van der Waals surface area contributed by atoms with Crippen molar-refractivity contribution in [2.24, 2.45) is 11.3 Å². The first-order chi connectivity index (χ1) is 21.1. The Labute approximate surface area is 263 Å². The molecular weight excluding hydrogens is 584 g/mol. The predicted octanol–water partition coefficient (Wildman–Crippen LogP) is 3.65. The van der Waals surface area contributed by atoms with Crippen molar-refractivity contribution in [1.29, 1.82) is 0 Å². The van der Waals surface area contributed by atoms with Crippen LogP contribution in [0.5, 0.6) is 5.75 Å². The zero-order valence-corrected chi connectivity index (χ0v) is 27.1. The second-order valence-electron chi connectivity index (χ2n) is 13.4. The van der Waals surface area contributed by atoms with Gasteiger partial charge in [0.15, 0.2) is 17.4 Å². The molecule has 0 aliphatic carbocycles. The van der Waals surface area contributed by atoms with Crippen LogP contribution in [0.15, 0.2) is 28.4 Å². The molecule has 1 spiro atoms. The third-order valence-corrected chi connectivity index (χ3v) is 10.1. The molecule has 6 rings (SSSR count). The van der Waals surface area contributed by atoms with Gasteiger partial charge in [-0.3, -0.25) is 0 Å². The standard InChI is InChI=1S/C31H44N6O6S/c1-19-26(35-29(39)43-30(2,3)4)31(18-42-19)7-10-36(11-8-31)27-22(15-38)34-24(13-33-27)44-23-6-9-32-28-25(23)41-17-21-12-20(16-40-5)14-37(21)28/h6,9,13,19-21,26,38H,7-8,10-12,14-18H2,1-5H3,(H,35,39)/t19-,20-,21-,26+/m0/s1.